The van der Waals surface area contributed by atoms with Gasteiger partial charge in [0.1, 0.15) is 23.2 Å². The maximum atomic E-state index is 13.3. The summed E-state index contributed by atoms with van der Waals surface area (Å²) >= 11 is 0. The zero-order valence-electron chi connectivity index (χ0n) is 16.2. The van der Waals surface area contributed by atoms with Gasteiger partial charge in [0.2, 0.25) is 5.95 Å². The summed E-state index contributed by atoms with van der Waals surface area (Å²) in [5.41, 5.74) is 7.73. The molecule has 1 saturated carbocycles. The van der Waals surface area contributed by atoms with E-state index in [0.29, 0.717) is 29.2 Å². The molecule has 0 spiro atoms. The summed E-state index contributed by atoms with van der Waals surface area (Å²) in [6.45, 7) is 3.04. The zero-order chi connectivity index (χ0) is 20.0. The molecule has 2 N–H and O–H groups in total. The van der Waals surface area contributed by atoms with Gasteiger partial charge in [-0.1, -0.05) is 6.92 Å². The average molecular weight is 391 g/mol. The van der Waals surface area contributed by atoms with Gasteiger partial charge in [-0.2, -0.15) is 4.98 Å². The molecule has 0 amide bonds. The largest absolute Gasteiger partial charge is 0.385 e. The molecule has 29 heavy (non-hydrogen) atoms. The van der Waals surface area contributed by atoms with Crippen molar-refractivity contribution >= 4 is 17.3 Å². The molecule has 1 aromatic carbocycles. The highest BCUT2D eigenvalue weighted by Crippen LogP contribution is 2.38. The Kier molecular flexibility index (Phi) is 4.26. The highest BCUT2D eigenvalue weighted by atomic mass is 19.1. The molecule has 5 rings (SSSR count). The second-order valence-electron chi connectivity index (χ2n) is 7.56. The van der Waals surface area contributed by atoms with Gasteiger partial charge in [0.25, 0.3) is 0 Å². The van der Waals surface area contributed by atoms with Crippen molar-refractivity contribution in [2.45, 2.75) is 32.2 Å². The van der Waals surface area contributed by atoms with Crippen molar-refractivity contribution in [2.75, 3.05) is 11.4 Å². The molecular weight excluding hydrogens is 369 g/mol. The van der Waals surface area contributed by atoms with E-state index in [2.05, 4.69) is 26.8 Å². The van der Waals surface area contributed by atoms with Crippen LogP contribution in [0.3, 0.4) is 0 Å². The van der Waals surface area contributed by atoms with Crippen LogP contribution in [0.4, 0.5) is 15.9 Å². The van der Waals surface area contributed by atoms with Gasteiger partial charge >= 0.3 is 0 Å². The number of benzene rings is 1. The number of rotatable bonds is 5. The number of nitrogens with two attached hydrogens (primary N) is 1. The average Bonchev–Trinajstić information content (AvgIpc) is 3.41. The highest BCUT2D eigenvalue weighted by Gasteiger charge is 2.34. The lowest BCUT2D eigenvalue weighted by atomic mass is 10.1. The minimum Gasteiger partial charge on any atom is -0.385 e. The third-order valence-electron chi connectivity index (χ3n) is 5.47. The van der Waals surface area contributed by atoms with Crippen LogP contribution in [-0.2, 0) is 0 Å². The second kappa shape index (κ2) is 6.95. The van der Waals surface area contributed by atoms with E-state index in [1.54, 1.807) is 24.5 Å². The highest BCUT2D eigenvalue weighted by molar-refractivity contribution is 5.95. The predicted octanol–water partition coefficient (Wildman–Crippen LogP) is 3.47. The Labute approximate surface area is 168 Å². The van der Waals surface area contributed by atoms with Crippen LogP contribution in [-0.4, -0.2) is 37.9 Å². The molecule has 1 fully saturated rings. The van der Waals surface area contributed by atoms with Crippen LogP contribution in [0.1, 0.15) is 26.2 Å². The molecule has 3 aromatic rings. The van der Waals surface area contributed by atoms with Crippen LogP contribution in [0.25, 0.3) is 17.3 Å². The number of anilines is 1. The molecule has 148 valence electrons. The van der Waals surface area contributed by atoms with Gasteiger partial charge in [0.15, 0.2) is 5.82 Å². The van der Waals surface area contributed by atoms with Crippen LogP contribution >= 0.6 is 0 Å². The number of hydrogen-bond donors (Lipinski definition) is 1. The number of imidazole rings is 1. The van der Waals surface area contributed by atoms with Crippen molar-refractivity contribution < 1.29 is 4.39 Å². The van der Waals surface area contributed by atoms with Crippen LogP contribution < -0.4 is 10.6 Å². The van der Waals surface area contributed by atoms with Crippen LogP contribution in [0.5, 0.6) is 0 Å². The van der Waals surface area contributed by atoms with Crippen LogP contribution in [0.2, 0.25) is 0 Å². The Hall–Kier alpha value is -3.29. The van der Waals surface area contributed by atoms with E-state index in [1.165, 1.54) is 25.0 Å². The molecule has 8 heteroatoms. The third kappa shape index (κ3) is 3.24. The molecule has 2 aromatic heterocycles. The van der Waals surface area contributed by atoms with E-state index >= 15 is 0 Å². The van der Waals surface area contributed by atoms with Crippen molar-refractivity contribution in [3.05, 3.63) is 48.7 Å². The lowest BCUT2D eigenvalue weighted by molar-refractivity contribution is 0.628. The Balaban J connectivity index is 1.58. The van der Waals surface area contributed by atoms with Crippen molar-refractivity contribution in [3.8, 4) is 17.3 Å². The van der Waals surface area contributed by atoms with E-state index < -0.39 is 0 Å². The quantitative estimate of drug-likeness (QED) is 0.720. The van der Waals surface area contributed by atoms with E-state index in [0.717, 1.165) is 24.3 Å². The van der Waals surface area contributed by atoms with Gasteiger partial charge in [-0.05, 0) is 49.4 Å². The molecule has 7 nitrogen and oxygen atoms in total. The molecule has 0 bridgehead atoms. The Morgan fingerprint density at radius 1 is 1.17 bits per heavy atom. The maximum absolute atomic E-state index is 13.3. The first-order valence-corrected chi connectivity index (χ1v) is 9.91. The Morgan fingerprint density at radius 3 is 2.69 bits per heavy atom. The standard InChI is InChI=1S/C21H22FN7/c1-2-17-18(23)26-16-11-25-21(27-20(16)29(17)12-13-3-4-13)28-10-9-24-19(28)14-5-7-15(22)8-6-14/h5-11,13,17H,2-4,12H2,1H3,(H2,23,26)/t17-/m1/s1. The fourth-order valence-corrected chi connectivity index (χ4v) is 3.78. The summed E-state index contributed by atoms with van der Waals surface area (Å²) in [5.74, 6) is 2.99. The summed E-state index contributed by atoms with van der Waals surface area (Å²) in [7, 11) is 0. The van der Waals surface area contributed by atoms with E-state index in [1.807, 2.05) is 10.8 Å². The first kappa shape index (κ1) is 17.8. The topological polar surface area (TPSA) is 85.2 Å². The fraction of sp³-hybridized carbons (Fsp3) is 0.333. The first-order chi connectivity index (χ1) is 14.1. The maximum Gasteiger partial charge on any atom is 0.237 e. The van der Waals surface area contributed by atoms with Crippen molar-refractivity contribution in [2.24, 2.45) is 16.6 Å². The minimum absolute atomic E-state index is 0.0465. The molecule has 3 heterocycles. The lowest BCUT2D eigenvalue weighted by Gasteiger charge is -2.35. The van der Waals surface area contributed by atoms with Gasteiger partial charge in [-0.25, -0.2) is 19.4 Å². The van der Waals surface area contributed by atoms with E-state index in [-0.39, 0.29) is 11.9 Å². The minimum atomic E-state index is -0.284. The molecule has 0 radical (unpaired) electrons. The number of halogens is 1. The normalized spacial score (nSPS) is 18.5. The number of amidine groups is 1. The molecule has 1 aliphatic carbocycles. The van der Waals surface area contributed by atoms with Crippen molar-refractivity contribution in [1.29, 1.82) is 0 Å². The summed E-state index contributed by atoms with van der Waals surface area (Å²) in [6.07, 6.45) is 8.57. The summed E-state index contributed by atoms with van der Waals surface area (Å²) < 4.78 is 15.1. The van der Waals surface area contributed by atoms with E-state index in [4.69, 9.17) is 10.7 Å². The van der Waals surface area contributed by atoms with Crippen LogP contribution in [0, 0.1) is 11.7 Å². The first-order valence-electron chi connectivity index (χ1n) is 9.91. The molecule has 1 aliphatic heterocycles. The van der Waals surface area contributed by atoms with Gasteiger partial charge in [0.05, 0.1) is 12.2 Å². The number of nitrogens with zero attached hydrogens (tertiary/aromatic N) is 6. The number of aliphatic imine (C=N–C) groups is 1. The van der Waals surface area contributed by atoms with Gasteiger partial charge < -0.3 is 10.6 Å². The van der Waals surface area contributed by atoms with Gasteiger partial charge in [0, 0.05) is 24.5 Å². The number of fused-ring (bicyclic) bond motifs is 1. The molecule has 2 aliphatic rings. The van der Waals surface area contributed by atoms with Crippen LogP contribution in [0.15, 0.2) is 47.8 Å². The summed E-state index contributed by atoms with van der Waals surface area (Å²) in [6, 6.07) is 6.28. The molecule has 0 unspecified atom stereocenters. The van der Waals surface area contributed by atoms with E-state index in [9.17, 15) is 4.39 Å². The Bertz CT molecular complexity index is 1070. The number of hydrogen-bond acceptors (Lipinski definition) is 6. The summed E-state index contributed by atoms with van der Waals surface area (Å²) in [4.78, 5) is 20.6. The third-order valence-corrected chi connectivity index (χ3v) is 5.47. The molecule has 0 saturated heterocycles. The van der Waals surface area contributed by atoms with Crippen molar-refractivity contribution in [3.63, 3.8) is 0 Å². The smallest absolute Gasteiger partial charge is 0.237 e. The van der Waals surface area contributed by atoms with Gasteiger partial charge in [-0.3, -0.25) is 4.57 Å². The summed E-state index contributed by atoms with van der Waals surface area (Å²) in [5, 5.41) is 0. The number of aromatic nitrogens is 4. The predicted molar refractivity (Wildman–Crippen MR) is 110 cm³/mol. The SMILES string of the molecule is CC[C@@H]1C(N)=Nc2cnc(-n3ccnc3-c3ccc(F)cc3)nc2N1CC1CC1. The zero-order valence-corrected chi connectivity index (χ0v) is 16.2. The molecule has 1 atom stereocenters. The fourth-order valence-electron chi connectivity index (χ4n) is 3.78. The molecular formula is C21H22FN7. The lowest BCUT2D eigenvalue weighted by Crippen LogP contribution is -2.48. The second-order valence-corrected chi connectivity index (χ2v) is 7.56. The monoisotopic (exact) mass is 391 g/mol. The Morgan fingerprint density at radius 2 is 1.97 bits per heavy atom. The van der Waals surface area contributed by atoms with Gasteiger partial charge in [-0.15, -0.1) is 0 Å². The van der Waals surface area contributed by atoms with Crippen molar-refractivity contribution in [1.82, 2.24) is 19.5 Å².